The van der Waals surface area contributed by atoms with Gasteiger partial charge in [-0.05, 0) is 25.5 Å². The van der Waals surface area contributed by atoms with Crippen LogP contribution in [-0.2, 0) is 4.74 Å². The highest BCUT2D eigenvalue weighted by Gasteiger charge is 2.10. The molecule has 0 bridgehead atoms. The van der Waals surface area contributed by atoms with Gasteiger partial charge in [0, 0.05) is 25.3 Å². The Morgan fingerprint density at radius 2 is 2.17 bits per heavy atom. The lowest BCUT2D eigenvalue weighted by atomic mass is 10.2. The van der Waals surface area contributed by atoms with Gasteiger partial charge in [0.2, 0.25) is 0 Å². The van der Waals surface area contributed by atoms with Crippen LogP contribution >= 0.6 is 23.2 Å². The zero-order chi connectivity index (χ0) is 13.5. The normalized spacial score (nSPS) is 10.4. The molecule has 0 aromatic heterocycles. The van der Waals surface area contributed by atoms with Crippen molar-refractivity contribution in [3.05, 3.63) is 27.7 Å². The third-order valence-electron chi connectivity index (χ3n) is 2.27. The number of hydrogen-bond acceptors (Lipinski definition) is 3. The van der Waals surface area contributed by atoms with Gasteiger partial charge in [0.05, 0.1) is 15.7 Å². The Bertz CT molecular complexity index is 402. The molecule has 0 aliphatic heterocycles. The highest BCUT2D eigenvalue weighted by molar-refractivity contribution is 6.43. The van der Waals surface area contributed by atoms with Gasteiger partial charge < -0.3 is 15.8 Å². The van der Waals surface area contributed by atoms with Crippen LogP contribution in [0.3, 0.4) is 0 Å². The van der Waals surface area contributed by atoms with Crippen molar-refractivity contribution in [3.63, 3.8) is 0 Å². The van der Waals surface area contributed by atoms with Crippen molar-refractivity contribution in [2.45, 2.75) is 13.3 Å². The second kappa shape index (κ2) is 7.46. The molecule has 3 N–H and O–H groups in total. The predicted octanol–water partition coefficient (Wildman–Crippen LogP) is 2.73. The Hall–Kier alpha value is -0.970. The Morgan fingerprint density at radius 1 is 1.44 bits per heavy atom. The first-order valence-electron chi connectivity index (χ1n) is 5.66. The molecule has 1 aromatic rings. The first-order chi connectivity index (χ1) is 8.56. The summed E-state index contributed by atoms with van der Waals surface area (Å²) < 4.78 is 5.17. The molecule has 0 unspecified atom stereocenters. The van der Waals surface area contributed by atoms with Gasteiger partial charge in [-0.25, -0.2) is 0 Å². The van der Waals surface area contributed by atoms with Crippen LogP contribution in [0.25, 0.3) is 0 Å². The minimum Gasteiger partial charge on any atom is -0.397 e. The van der Waals surface area contributed by atoms with Crippen LogP contribution in [0.4, 0.5) is 5.69 Å². The van der Waals surface area contributed by atoms with E-state index in [0.29, 0.717) is 31.0 Å². The summed E-state index contributed by atoms with van der Waals surface area (Å²) in [6.45, 7) is 3.77. The highest BCUT2D eigenvalue weighted by atomic mass is 35.5. The van der Waals surface area contributed by atoms with Gasteiger partial charge in [-0.15, -0.1) is 0 Å². The van der Waals surface area contributed by atoms with E-state index in [-0.39, 0.29) is 16.0 Å². The maximum atomic E-state index is 11.8. The first kappa shape index (κ1) is 15.1. The molecule has 4 nitrogen and oxygen atoms in total. The van der Waals surface area contributed by atoms with Crippen LogP contribution in [0, 0.1) is 0 Å². The Labute approximate surface area is 116 Å². The molecule has 1 rings (SSSR count). The number of nitrogens with two attached hydrogens (primary N) is 1. The molecule has 0 radical (unpaired) electrons. The lowest BCUT2D eigenvalue weighted by Gasteiger charge is -2.08. The standard InChI is InChI=1S/C12H16Cl2N2O2/c1-2-18-5-3-4-16-12(17)8-6-9(13)11(14)10(15)7-8/h6-7H,2-5,15H2,1H3,(H,16,17). The number of nitrogens with one attached hydrogen (secondary N) is 1. The molecule has 0 heterocycles. The van der Waals surface area contributed by atoms with Crippen LogP contribution in [0.1, 0.15) is 23.7 Å². The summed E-state index contributed by atoms with van der Waals surface area (Å²) in [5, 5.41) is 3.30. The molecule has 1 aromatic carbocycles. The van der Waals surface area contributed by atoms with E-state index in [9.17, 15) is 4.79 Å². The average molecular weight is 291 g/mol. The molecular weight excluding hydrogens is 275 g/mol. The SMILES string of the molecule is CCOCCCNC(=O)c1cc(N)c(Cl)c(Cl)c1. The Balaban J connectivity index is 2.52. The second-order valence-electron chi connectivity index (χ2n) is 3.67. The van der Waals surface area contributed by atoms with Crippen molar-refractivity contribution in [3.8, 4) is 0 Å². The number of rotatable bonds is 6. The number of anilines is 1. The van der Waals surface area contributed by atoms with Crippen molar-refractivity contribution in [1.82, 2.24) is 5.32 Å². The van der Waals surface area contributed by atoms with E-state index >= 15 is 0 Å². The minimum absolute atomic E-state index is 0.225. The van der Waals surface area contributed by atoms with Gasteiger partial charge in [-0.3, -0.25) is 4.79 Å². The van der Waals surface area contributed by atoms with Crippen molar-refractivity contribution >= 4 is 34.8 Å². The molecule has 0 spiro atoms. The molecular formula is C12H16Cl2N2O2. The van der Waals surface area contributed by atoms with Crippen molar-refractivity contribution in [1.29, 1.82) is 0 Å². The van der Waals surface area contributed by atoms with Crippen molar-refractivity contribution in [2.75, 3.05) is 25.5 Å². The number of hydrogen-bond donors (Lipinski definition) is 2. The van der Waals surface area contributed by atoms with E-state index in [1.165, 1.54) is 12.1 Å². The minimum atomic E-state index is -0.225. The summed E-state index contributed by atoms with van der Waals surface area (Å²) in [6, 6.07) is 3.00. The van der Waals surface area contributed by atoms with E-state index in [0.717, 1.165) is 6.42 Å². The fourth-order valence-corrected chi connectivity index (χ4v) is 1.70. The lowest BCUT2D eigenvalue weighted by Crippen LogP contribution is -2.25. The smallest absolute Gasteiger partial charge is 0.251 e. The summed E-state index contributed by atoms with van der Waals surface area (Å²) >= 11 is 11.7. The van der Waals surface area contributed by atoms with Crippen LogP contribution in [0.15, 0.2) is 12.1 Å². The van der Waals surface area contributed by atoms with Gasteiger partial charge in [0.1, 0.15) is 0 Å². The van der Waals surface area contributed by atoms with E-state index in [1.54, 1.807) is 0 Å². The summed E-state index contributed by atoms with van der Waals surface area (Å²) in [5.41, 5.74) is 6.33. The van der Waals surface area contributed by atoms with Gasteiger partial charge in [-0.2, -0.15) is 0 Å². The molecule has 0 fully saturated rings. The van der Waals surface area contributed by atoms with Crippen molar-refractivity contribution in [2.24, 2.45) is 0 Å². The largest absolute Gasteiger partial charge is 0.397 e. The fourth-order valence-electron chi connectivity index (χ4n) is 1.36. The number of nitrogen functional groups attached to an aromatic ring is 1. The number of carbonyl (C=O) groups excluding carboxylic acids is 1. The van der Waals surface area contributed by atoms with E-state index in [2.05, 4.69) is 5.32 Å². The molecule has 0 aliphatic rings. The first-order valence-corrected chi connectivity index (χ1v) is 6.42. The number of carbonyl (C=O) groups is 1. The third-order valence-corrected chi connectivity index (χ3v) is 3.09. The maximum Gasteiger partial charge on any atom is 0.251 e. The third kappa shape index (κ3) is 4.37. The number of ether oxygens (including phenoxy) is 1. The molecule has 100 valence electrons. The average Bonchev–Trinajstić information content (AvgIpc) is 2.34. The van der Waals surface area contributed by atoms with Gasteiger partial charge in [0.25, 0.3) is 5.91 Å². The van der Waals surface area contributed by atoms with E-state index in [1.807, 2.05) is 6.92 Å². The number of benzene rings is 1. The Morgan fingerprint density at radius 3 is 2.78 bits per heavy atom. The monoisotopic (exact) mass is 290 g/mol. The Kier molecular flexibility index (Phi) is 6.25. The highest BCUT2D eigenvalue weighted by Crippen LogP contribution is 2.29. The van der Waals surface area contributed by atoms with Gasteiger partial charge >= 0.3 is 0 Å². The zero-order valence-corrected chi connectivity index (χ0v) is 11.6. The molecule has 6 heteroatoms. The summed E-state index contributed by atoms with van der Waals surface area (Å²) in [4.78, 5) is 11.8. The van der Waals surface area contributed by atoms with Crippen LogP contribution in [0.5, 0.6) is 0 Å². The van der Waals surface area contributed by atoms with Crippen molar-refractivity contribution < 1.29 is 9.53 Å². The predicted molar refractivity (Wildman–Crippen MR) is 74.3 cm³/mol. The number of amides is 1. The van der Waals surface area contributed by atoms with Crippen LogP contribution in [-0.4, -0.2) is 25.7 Å². The quantitative estimate of drug-likeness (QED) is 0.625. The van der Waals surface area contributed by atoms with E-state index < -0.39 is 0 Å². The summed E-state index contributed by atoms with van der Waals surface area (Å²) in [7, 11) is 0. The fraction of sp³-hybridized carbons (Fsp3) is 0.417. The molecule has 0 atom stereocenters. The zero-order valence-electron chi connectivity index (χ0n) is 10.1. The van der Waals surface area contributed by atoms with Crippen LogP contribution < -0.4 is 11.1 Å². The molecule has 0 saturated heterocycles. The molecule has 1 amide bonds. The molecule has 0 aliphatic carbocycles. The van der Waals surface area contributed by atoms with Gasteiger partial charge in [0.15, 0.2) is 0 Å². The second-order valence-corrected chi connectivity index (χ2v) is 4.45. The van der Waals surface area contributed by atoms with E-state index in [4.69, 9.17) is 33.7 Å². The molecule has 18 heavy (non-hydrogen) atoms. The maximum absolute atomic E-state index is 11.8. The lowest BCUT2D eigenvalue weighted by molar-refractivity contribution is 0.0944. The topological polar surface area (TPSA) is 64.3 Å². The van der Waals surface area contributed by atoms with Crippen LogP contribution in [0.2, 0.25) is 10.0 Å². The number of halogens is 2. The summed E-state index contributed by atoms with van der Waals surface area (Å²) in [6.07, 6.45) is 0.760. The summed E-state index contributed by atoms with van der Waals surface area (Å²) in [5.74, 6) is -0.225. The molecule has 0 saturated carbocycles. The van der Waals surface area contributed by atoms with Gasteiger partial charge in [-0.1, -0.05) is 23.2 Å².